The van der Waals surface area contributed by atoms with Crippen LogP contribution in [0.3, 0.4) is 0 Å². The molecule has 3 rings (SSSR count). The van der Waals surface area contributed by atoms with Crippen LogP contribution in [0.2, 0.25) is 0 Å². The van der Waals surface area contributed by atoms with Gasteiger partial charge in [-0.25, -0.2) is 0 Å². The van der Waals surface area contributed by atoms with Crippen LogP contribution in [0, 0.1) is 0 Å². The second-order valence-electron chi connectivity index (χ2n) is 4.14. The summed E-state index contributed by atoms with van der Waals surface area (Å²) in [6.07, 6.45) is 5.04. The lowest BCUT2D eigenvalue weighted by molar-refractivity contribution is 1.19. The summed E-state index contributed by atoms with van der Waals surface area (Å²) in [4.78, 5) is 8.39. The summed E-state index contributed by atoms with van der Waals surface area (Å²) < 4.78 is 0. The zero-order valence-corrected chi connectivity index (χ0v) is 10.7. The Kier molecular flexibility index (Phi) is 3.55. The number of rotatable bonds is 3. The molecular weight excluding hydrogens is 248 g/mol. The molecule has 0 atom stereocenters. The Hall–Kier alpha value is -2.88. The third-order valence-electron chi connectivity index (χ3n) is 2.77. The van der Waals surface area contributed by atoms with Crippen LogP contribution in [0.15, 0.2) is 83.4 Å². The smallest absolute Gasteiger partial charge is 0.0951 e. The standard InChI is InChI=1S/C16H12N4/c1-2-6-13(7-3-1)19-20-15-9-5-4-8-14(15)16-12-17-10-11-18-16/h1-12H/b20-19+. The highest BCUT2D eigenvalue weighted by Gasteiger charge is 2.04. The predicted molar refractivity (Wildman–Crippen MR) is 78.1 cm³/mol. The van der Waals surface area contributed by atoms with E-state index in [4.69, 9.17) is 0 Å². The monoisotopic (exact) mass is 260 g/mol. The van der Waals surface area contributed by atoms with E-state index in [2.05, 4.69) is 20.2 Å². The molecule has 3 aromatic rings. The van der Waals surface area contributed by atoms with E-state index in [0.29, 0.717) is 0 Å². The molecule has 0 bridgehead atoms. The van der Waals surface area contributed by atoms with Gasteiger partial charge in [-0.15, -0.1) is 5.11 Å². The van der Waals surface area contributed by atoms with Gasteiger partial charge >= 0.3 is 0 Å². The van der Waals surface area contributed by atoms with Gasteiger partial charge in [0.1, 0.15) is 0 Å². The summed E-state index contributed by atoms with van der Waals surface area (Å²) in [6.45, 7) is 0. The Bertz CT molecular complexity index is 709. The van der Waals surface area contributed by atoms with Crippen molar-refractivity contribution in [1.82, 2.24) is 9.97 Å². The SMILES string of the molecule is c1ccc(/N=N/c2ccccc2-c2cnccn2)cc1. The Morgan fingerprint density at radius 3 is 2.35 bits per heavy atom. The number of azo groups is 1. The molecule has 20 heavy (non-hydrogen) atoms. The molecule has 0 amide bonds. The molecule has 0 saturated carbocycles. The maximum absolute atomic E-state index is 4.31. The topological polar surface area (TPSA) is 50.5 Å². The van der Waals surface area contributed by atoms with Crippen LogP contribution in [-0.2, 0) is 0 Å². The van der Waals surface area contributed by atoms with Gasteiger partial charge in [0.25, 0.3) is 0 Å². The Morgan fingerprint density at radius 2 is 1.55 bits per heavy atom. The summed E-state index contributed by atoms with van der Waals surface area (Å²) in [6, 6.07) is 17.4. The summed E-state index contributed by atoms with van der Waals surface area (Å²) in [5, 5.41) is 8.55. The van der Waals surface area contributed by atoms with Gasteiger partial charge in [-0.3, -0.25) is 9.97 Å². The van der Waals surface area contributed by atoms with E-state index >= 15 is 0 Å². The molecule has 0 unspecified atom stereocenters. The highest BCUT2D eigenvalue weighted by Crippen LogP contribution is 2.29. The van der Waals surface area contributed by atoms with Crippen molar-refractivity contribution in [2.75, 3.05) is 0 Å². The molecule has 0 aliphatic carbocycles. The second-order valence-corrected chi connectivity index (χ2v) is 4.14. The van der Waals surface area contributed by atoms with E-state index < -0.39 is 0 Å². The summed E-state index contributed by atoms with van der Waals surface area (Å²) >= 11 is 0. The number of aromatic nitrogens is 2. The quantitative estimate of drug-likeness (QED) is 0.648. The molecule has 1 aromatic heterocycles. The molecular formula is C16H12N4. The van der Waals surface area contributed by atoms with Gasteiger partial charge in [0, 0.05) is 18.0 Å². The lowest BCUT2D eigenvalue weighted by Crippen LogP contribution is -1.84. The first kappa shape index (κ1) is 12.2. The average molecular weight is 260 g/mol. The predicted octanol–water partition coefficient (Wildman–Crippen LogP) is 4.56. The van der Waals surface area contributed by atoms with Gasteiger partial charge in [-0.05, 0) is 18.2 Å². The van der Waals surface area contributed by atoms with Crippen molar-refractivity contribution in [3.05, 3.63) is 73.2 Å². The van der Waals surface area contributed by atoms with Crippen LogP contribution in [0.5, 0.6) is 0 Å². The first-order valence-corrected chi connectivity index (χ1v) is 6.26. The van der Waals surface area contributed by atoms with Crippen LogP contribution < -0.4 is 0 Å². The van der Waals surface area contributed by atoms with Crippen molar-refractivity contribution in [3.8, 4) is 11.3 Å². The fourth-order valence-electron chi connectivity index (χ4n) is 1.82. The van der Waals surface area contributed by atoms with Crippen molar-refractivity contribution in [2.45, 2.75) is 0 Å². The van der Waals surface area contributed by atoms with Crippen LogP contribution in [0.1, 0.15) is 0 Å². The Labute approximate surface area is 116 Å². The van der Waals surface area contributed by atoms with E-state index in [1.807, 2.05) is 54.6 Å². The van der Waals surface area contributed by atoms with Crippen LogP contribution in [0.25, 0.3) is 11.3 Å². The van der Waals surface area contributed by atoms with E-state index in [1.165, 1.54) is 0 Å². The molecule has 4 nitrogen and oxygen atoms in total. The summed E-state index contributed by atoms with van der Waals surface area (Å²) in [7, 11) is 0. The van der Waals surface area contributed by atoms with Crippen molar-refractivity contribution < 1.29 is 0 Å². The number of hydrogen-bond acceptors (Lipinski definition) is 4. The molecule has 0 saturated heterocycles. The molecule has 0 aliphatic heterocycles. The highest BCUT2D eigenvalue weighted by molar-refractivity contribution is 5.72. The molecule has 4 heteroatoms. The van der Waals surface area contributed by atoms with Crippen LogP contribution in [0.4, 0.5) is 11.4 Å². The lowest BCUT2D eigenvalue weighted by atomic mass is 10.1. The van der Waals surface area contributed by atoms with Crippen molar-refractivity contribution >= 4 is 11.4 Å². The molecule has 0 spiro atoms. The Balaban J connectivity index is 1.97. The third kappa shape index (κ3) is 2.75. The molecule has 1 heterocycles. The Morgan fingerprint density at radius 1 is 0.750 bits per heavy atom. The largest absolute Gasteiger partial charge is 0.261 e. The van der Waals surface area contributed by atoms with Crippen LogP contribution in [-0.4, -0.2) is 9.97 Å². The number of hydrogen-bond donors (Lipinski definition) is 0. The minimum absolute atomic E-state index is 0.775. The minimum Gasteiger partial charge on any atom is -0.261 e. The van der Waals surface area contributed by atoms with E-state index in [9.17, 15) is 0 Å². The van der Waals surface area contributed by atoms with E-state index in [0.717, 1.165) is 22.6 Å². The zero-order chi connectivity index (χ0) is 13.6. The van der Waals surface area contributed by atoms with Gasteiger partial charge in [-0.2, -0.15) is 5.11 Å². The van der Waals surface area contributed by atoms with E-state index in [-0.39, 0.29) is 0 Å². The minimum atomic E-state index is 0.775. The van der Waals surface area contributed by atoms with Crippen LogP contribution >= 0.6 is 0 Å². The fourth-order valence-corrected chi connectivity index (χ4v) is 1.82. The molecule has 0 aliphatic rings. The molecule has 0 N–H and O–H groups in total. The second kappa shape index (κ2) is 5.84. The lowest BCUT2D eigenvalue weighted by Gasteiger charge is -2.02. The number of benzene rings is 2. The molecule has 0 radical (unpaired) electrons. The van der Waals surface area contributed by atoms with E-state index in [1.54, 1.807) is 18.6 Å². The van der Waals surface area contributed by atoms with Gasteiger partial charge in [0.2, 0.25) is 0 Å². The average Bonchev–Trinajstić information content (AvgIpc) is 2.55. The summed E-state index contributed by atoms with van der Waals surface area (Å²) in [5.74, 6) is 0. The first-order valence-electron chi connectivity index (χ1n) is 6.26. The van der Waals surface area contributed by atoms with Crippen molar-refractivity contribution in [1.29, 1.82) is 0 Å². The first-order chi connectivity index (χ1) is 9.93. The van der Waals surface area contributed by atoms with Crippen molar-refractivity contribution in [3.63, 3.8) is 0 Å². The summed E-state index contributed by atoms with van der Waals surface area (Å²) in [5.41, 5.74) is 3.30. The molecule has 0 fully saturated rings. The van der Waals surface area contributed by atoms with Gasteiger partial charge in [-0.1, -0.05) is 36.4 Å². The van der Waals surface area contributed by atoms with Gasteiger partial charge in [0.15, 0.2) is 0 Å². The normalized spacial score (nSPS) is 10.8. The van der Waals surface area contributed by atoms with Crippen molar-refractivity contribution in [2.24, 2.45) is 10.2 Å². The number of nitrogens with zero attached hydrogens (tertiary/aromatic N) is 4. The molecule has 2 aromatic carbocycles. The zero-order valence-electron chi connectivity index (χ0n) is 10.7. The fraction of sp³-hybridized carbons (Fsp3) is 0. The van der Waals surface area contributed by atoms with Gasteiger partial charge in [0.05, 0.1) is 23.3 Å². The maximum atomic E-state index is 4.31. The highest BCUT2D eigenvalue weighted by atomic mass is 15.1. The van der Waals surface area contributed by atoms with Gasteiger partial charge < -0.3 is 0 Å². The molecule has 96 valence electrons. The third-order valence-corrected chi connectivity index (χ3v) is 2.77. The maximum Gasteiger partial charge on any atom is 0.0951 e.